The van der Waals surface area contributed by atoms with Crippen molar-refractivity contribution >= 4 is 0 Å². The number of benzene rings is 1. The molecule has 0 saturated carbocycles. The second kappa shape index (κ2) is 4.09. The molecule has 0 bridgehead atoms. The molecule has 76 valence electrons. The minimum absolute atomic E-state index is 0.0584. The first-order valence-corrected chi connectivity index (χ1v) is 5.11. The maximum atomic E-state index is 13.6. The lowest BCUT2D eigenvalue weighted by atomic mass is 9.91. The fourth-order valence-corrected chi connectivity index (χ4v) is 1.97. The van der Waals surface area contributed by atoms with E-state index in [0.717, 1.165) is 37.2 Å². The third-order valence-corrected chi connectivity index (χ3v) is 2.82. The first-order chi connectivity index (χ1) is 6.77. The van der Waals surface area contributed by atoms with Crippen molar-refractivity contribution < 1.29 is 9.13 Å². The van der Waals surface area contributed by atoms with Crippen LogP contribution in [0.1, 0.15) is 29.9 Å². The van der Waals surface area contributed by atoms with Crippen LogP contribution in [0.25, 0.3) is 0 Å². The van der Waals surface area contributed by atoms with E-state index in [1.165, 1.54) is 0 Å². The Kier molecular flexibility index (Phi) is 2.82. The summed E-state index contributed by atoms with van der Waals surface area (Å²) in [5.41, 5.74) is 1.84. The Morgan fingerprint density at radius 1 is 1.29 bits per heavy atom. The third-order valence-electron chi connectivity index (χ3n) is 2.82. The molecule has 14 heavy (non-hydrogen) atoms. The molecule has 0 unspecified atom stereocenters. The molecule has 0 radical (unpaired) electrons. The van der Waals surface area contributed by atoms with Gasteiger partial charge in [-0.2, -0.15) is 0 Å². The monoisotopic (exact) mass is 194 g/mol. The maximum absolute atomic E-state index is 13.6. The van der Waals surface area contributed by atoms with Crippen molar-refractivity contribution in [2.24, 2.45) is 0 Å². The summed E-state index contributed by atoms with van der Waals surface area (Å²) in [4.78, 5) is 0. The number of rotatable bonds is 1. The fourth-order valence-electron chi connectivity index (χ4n) is 1.97. The molecule has 1 heterocycles. The van der Waals surface area contributed by atoms with Crippen LogP contribution in [0.2, 0.25) is 0 Å². The van der Waals surface area contributed by atoms with E-state index in [-0.39, 0.29) is 5.82 Å². The third kappa shape index (κ3) is 1.95. The zero-order valence-electron chi connectivity index (χ0n) is 8.42. The minimum atomic E-state index is -0.0584. The summed E-state index contributed by atoms with van der Waals surface area (Å²) in [5, 5.41) is 0. The molecule has 1 aliphatic heterocycles. The highest BCUT2D eigenvalue weighted by Crippen LogP contribution is 2.28. The summed E-state index contributed by atoms with van der Waals surface area (Å²) < 4.78 is 18.9. The fraction of sp³-hybridized carbons (Fsp3) is 0.500. The summed E-state index contributed by atoms with van der Waals surface area (Å²) in [6.45, 7) is 3.44. The van der Waals surface area contributed by atoms with Crippen LogP contribution < -0.4 is 0 Å². The lowest BCUT2D eigenvalue weighted by molar-refractivity contribution is 0.0846. The van der Waals surface area contributed by atoms with E-state index in [4.69, 9.17) is 4.74 Å². The number of hydrogen-bond acceptors (Lipinski definition) is 1. The molecular weight excluding hydrogens is 179 g/mol. The molecule has 2 rings (SSSR count). The van der Waals surface area contributed by atoms with E-state index in [2.05, 4.69) is 0 Å². The Morgan fingerprint density at radius 2 is 2.00 bits per heavy atom. The summed E-state index contributed by atoms with van der Waals surface area (Å²) >= 11 is 0. The number of halogens is 1. The van der Waals surface area contributed by atoms with Crippen molar-refractivity contribution in [2.45, 2.75) is 25.7 Å². The van der Waals surface area contributed by atoms with Crippen LogP contribution in [-0.2, 0) is 4.74 Å². The maximum Gasteiger partial charge on any atom is 0.126 e. The topological polar surface area (TPSA) is 9.23 Å². The van der Waals surface area contributed by atoms with Crippen molar-refractivity contribution in [1.29, 1.82) is 0 Å². The highest BCUT2D eigenvalue weighted by Gasteiger charge is 2.18. The summed E-state index contributed by atoms with van der Waals surface area (Å²) in [5.74, 6) is 0.293. The van der Waals surface area contributed by atoms with Crippen molar-refractivity contribution in [1.82, 2.24) is 0 Å². The Morgan fingerprint density at radius 3 is 2.64 bits per heavy atom. The molecule has 0 aliphatic carbocycles. The first-order valence-electron chi connectivity index (χ1n) is 5.11. The van der Waals surface area contributed by atoms with Crippen molar-refractivity contribution in [3.05, 3.63) is 35.1 Å². The number of hydrogen-bond donors (Lipinski definition) is 0. The van der Waals surface area contributed by atoms with Gasteiger partial charge < -0.3 is 4.74 Å². The Bertz CT molecular complexity index is 316. The van der Waals surface area contributed by atoms with E-state index >= 15 is 0 Å². The van der Waals surface area contributed by atoms with Gasteiger partial charge in [0.2, 0.25) is 0 Å². The van der Waals surface area contributed by atoms with E-state index in [9.17, 15) is 4.39 Å². The van der Waals surface area contributed by atoms with Crippen LogP contribution >= 0.6 is 0 Å². The molecule has 2 heteroatoms. The molecule has 1 aromatic carbocycles. The van der Waals surface area contributed by atoms with E-state index in [1.807, 2.05) is 19.1 Å². The first kappa shape index (κ1) is 9.66. The predicted molar refractivity (Wildman–Crippen MR) is 53.9 cm³/mol. The quantitative estimate of drug-likeness (QED) is 0.667. The largest absolute Gasteiger partial charge is 0.381 e. The molecular formula is C12H15FO. The lowest BCUT2D eigenvalue weighted by Gasteiger charge is -2.22. The van der Waals surface area contributed by atoms with Crippen LogP contribution in [-0.4, -0.2) is 13.2 Å². The van der Waals surface area contributed by atoms with Gasteiger partial charge in [0, 0.05) is 13.2 Å². The van der Waals surface area contributed by atoms with Crippen LogP contribution in [0.3, 0.4) is 0 Å². The van der Waals surface area contributed by atoms with Gasteiger partial charge in [-0.05, 0) is 42.9 Å². The summed E-state index contributed by atoms with van der Waals surface area (Å²) in [6.07, 6.45) is 1.89. The van der Waals surface area contributed by atoms with Gasteiger partial charge in [0.25, 0.3) is 0 Å². The molecule has 1 aliphatic rings. The Labute approximate surface area is 83.9 Å². The minimum Gasteiger partial charge on any atom is -0.381 e. The van der Waals surface area contributed by atoms with Gasteiger partial charge >= 0.3 is 0 Å². The molecule has 1 nitrogen and oxygen atoms in total. The molecule has 1 fully saturated rings. The van der Waals surface area contributed by atoms with Gasteiger partial charge in [0.05, 0.1) is 0 Å². The van der Waals surface area contributed by atoms with E-state index < -0.39 is 0 Å². The predicted octanol–water partition coefficient (Wildman–Crippen LogP) is 3.03. The van der Waals surface area contributed by atoms with Crippen LogP contribution in [0.4, 0.5) is 4.39 Å². The average Bonchev–Trinajstić information content (AvgIpc) is 2.19. The second-order valence-electron chi connectivity index (χ2n) is 3.91. The van der Waals surface area contributed by atoms with Gasteiger partial charge in [-0.3, -0.25) is 0 Å². The molecule has 0 atom stereocenters. The van der Waals surface area contributed by atoms with Crippen LogP contribution in [0.5, 0.6) is 0 Å². The zero-order chi connectivity index (χ0) is 9.97. The normalized spacial score (nSPS) is 18.4. The highest BCUT2D eigenvalue weighted by molar-refractivity contribution is 5.26. The zero-order valence-corrected chi connectivity index (χ0v) is 8.42. The van der Waals surface area contributed by atoms with Crippen LogP contribution in [0, 0.1) is 12.7 Å². The van der Waals surface area contributed by atoms with Crippen LogP contribution in [0.15, 0.2) is 18.2 Å². The molecule has 0 N–H and O–H groups in total. The molecule has 0 amide bonds. The number of ether oxygens (including phenoxy) is 1. The molecule has 1 aromatic rings. The van der Waals surface area contributed by atoms with Gasteiger partial charge in [0.1, 0.15) is 5.82 Å². The SMILES string of the molecule is Cc1ccc(C2CCOCC2)c(F)c1. The number of aryl methyl sites for hydroxylation is 1. The smallest absolute Gasteiger partial charge is 0.126 e. The van der Waals surface area contributed by atoms with Gasteiger partial charge in [-0.15, -0.1) is 0 Å². The molecule has 0 aromatic heterocycles. The average molecular weight is 194 g/mol. The molecule has 1 saturated heterocycles. The van der Waals surface area contributed by atoms with Gasteiger partial charge in [-0.1, -0.05) is 12.1 Å². The van der Waals surface area contributed by atoms with Crippen molar-refractivity contribution in [2.75, 3.05) is 13.2 Å². The van der Waals surface area contributed by atoms with Gasteiger partial charge in [-0.25, -0.2) is 4.39 Å². The Balaban J connectivity index is 2.22. The standard InChI is InChI=1S/C12H15FO/c1-9-2-3-11(12(13)8-9)10-4-6-14-7-5-10/h2-3,8,10H,4-7H2,1H3. The van der Waals surface area contributed by atoms with E-state index in [1.54, 1.807) is 6.07 Å². The summed E-state index contributed by atoms with van der Waals surface area (Å²) in [7, 11) is 0. The van der Waals surface area contributed by atoms with Gasteiger partial charge in [0.15, 0.2) is 0 Å². The summed E-state index contributed by atoms with van der Waals surface area (Å²) in [6, 6.07) is 5.51. The second-order valence-corrected chi connectivity index (χ2v) is 3.91. The Hall–Kier alpha value is -0.890. The van der Waals surface area contributed by atoms with E-state index in [0.29, 0.717) is 5.92 Å². The van der Waals surface area contributed by atoms with Crippen molar-refractivity contribution in [3.8, 4) is 0 Å². The molecule has 0 spiro atoms. The highest BCUT2D eigenvalue weighted by atomic mass is 19.1. The van der Waals surface area contributed by atoms with Crippen molar-refractivity contribution in [3.63, 3.8) is 0 Å². The lowest BCUT2D eigenvalue weighted by Crippen LogP contribution is -2.15.